The van der Waals surface area contributed by atoms with Gasteiger partial charge in [-0.25, -0.2) is 4.79 Å². The van der Waals surface area contributed by atoms with Crippen LogP contribution in [0, 0.1) is 0 Å². The Bertz CT molecular complexity index is 833. The van der Waals surface area contributed by atoms with Crippen LogP contribution in [0.4, 0.5) is 4.79 Å². The largest absolute Gasteiger partial charge is 0.497 e. The predicted molar refractivity (Wildman–Crippen MR) is 116 cm³/mol. The molecule has 2 N–H and O–H groups in total. The molecule has 2 aliphatic rings. The maximum Gasteiger partial charge on any atom is 0.410 e. The normalized spacial score (nSPS) is 19.7. The molecule has 0 radical (unpaired) electrons. The molecule has 0 aromatic heterocycles. The maximum atomic E-state index is 12.5. The van der Waals surface area contributed by atoms with E-state index in [2.05, 4.69) is 17.0 Å². The van der Waals surface area contributed by atoms with E-state index in [9.17, 15) is 4.79 Å². The van der Waals surface area contributed by atoms with Crippen molar-refractivity contribution in [3.8, 4) is 5.75 Å². The van der Waals surface area contributed by atoms with Crippen LogP contribution in [-0.4, -0.2) is 54.8 Å². The third-order valence-corrected chi connectivity index (χ3v) is 6.32. The molecule has 4 rings (SSSR count). The second kappa shape index (κ2) is 9.06. The number of nitrogens with zero attached hydrogens (tertiary/aromatic N) is 2. The second-order valence-electron chi connectivity index (χ2n) is 8.40. The fourth-order valence-corrected chi connectivity index (χ4v) is 4.40. The second-order valence-corrected chi connectivity index (χ2v) is 8.40. The molecule has 2 aromatic carbocycles. The Morgan fingerprint density at radius 1 is 1.10 bits per heavy atom. The van der Waals surface area contributed by atoms with Gasteiger partial charge in [-0.05, 0) is 36.2 Å². The molecule has 2 heterocycles. The van der Waals surface area contributed by atoms with Gasteiger partial charge in [0.15, 0.2) is 0 Å². The fraction of sp³-hybridized carbons (Fsp3) is 0.458. The molecule has 1 amide bonds. The van der Waals surface area contributed by atoms with Gasteiger partial charge in [-0.3, -0.25) is 4.90 Å². The smallest absolute Gasteiger partial charge is 0.410 e. The maximum absolute atomic E-state index is 12.5. The third-order valence-electron chi connectivity index (χ3n) is 6.32. The van der Waals surface area contributed by atoms with Crippen LogP contribution in [0.15, 0.2) is 54.6 Å². The summed E-state index contributed by atoms with van der Waals surface area (Å²) >= 11 is 0. The number of hydrogen-bond acceptors (Lipinski definition) is 5. The Hall–Kier alpha value is -2.57. The molecule has 0 bridgehead atoms. The van der Waals surface area contributed by atoms with Crippen LogP contribution in [0.2, 0.25) is 0 Å². The molecule has 2 saturated heterocycles. The first-order valence-corrected chi connectivity index (χ1v) is 10.7. The first kappa shape index (κ1) is 20.7. The molecule has 2 aliphatic heterocycles. The molecule has 160 valence electrons. The fourth-order valence-electron chi connectivity index (χ4n) is 4.40. The lowest BCUT2D eigenvalue weighted by Crippen LogP contribution is -2.47. The number of amides is 1. The minimum absolute atomic E-state index is 0.0615. The number of nitrogens with two attached hydrogens (primary N) is 1. The molecule has 0 aliphatic carbocycles. The molecule has 6 heteroatoms. The SMILES string of the molecule is COc1ccc(CN2CC3(CCN(CC[C@H](N)c4ccccc4)CC3)OC2=O)cc1. The summed E-state index contributed by atoms with van der Waals surface area (Å²) < 4.78 is 11.1. The number of likely N-dealkylation sites (tertiary alicyclic amines) is 1. The summed E-state index contributed by atoms with van der Waals surface area (Å²) in [6, 6.07) is 18.2. The minimum Gasteiger partial charge on any atom is -0.497 e. The van der Waals surface area contributed by atoms with E-state index in [0.29, 0.717) is 13.1 Å². The zero-order valence-electron chi connectivity index (χ0n) is 17.6. The van der Waals surface area contributed by atoms with E-state index in [1.165, 1.54) is 5.56 Å². The number of methoxy groups -OCH3 is 1. The highest BCUT2D eigenvalue weighted by atomic mass is 16.6. The molecule has 30 heavy (non-hydrogen) atoms. The average Bonchev–Trinajstić information content (AvgIpc) is 3.08. The Morgan fingerprint density at radius 3 is 2.47 bits per heavy atom. The predicted octanol–water partition coefficient (Wildman–Crippen LogP) is 3.57. The Balaban J connectivity index is 1.26. The molecule has 2 fully saturated rings. The average molecular weight is 410 g/mol. The van der Waals surface area contributed by atoms with Gasteiger partial charge in [-0.1, -0.05) is 42.5 Å². The molecule has 1 atom stereocenters. The van der Waals surface area contributed by atoms with Crippen LogP contribution in [0.5, 0.6) is 5.75 Å². The van der Waals surface area contributed by atoms with Crippen LogP contribution in [-0.2, 0) is 11.3 Å². The number of rotatable bonds is 7. The van der Waals surface area contributed by atoms with Crippen molar-refractivity contribution in [2.45, 2.75) is 37.5 Å². The van der Waals surface area contributed by atoms with Gasteiger partial charge in [-0.2, -0.15) is 0 Å². The number of hydrogen-bond donors (Lipinski definition) is 1. The van der Waals surface area contributed by atoms with Gasteiger partial charge in [0.2, 0.25) is 0 Å². The van der Waals surface area contributed by atoms with E-state index >= 15 is 0 Å². The van der Waals surface area contributed by atoms with Gasteiger partial charge in [0, 0.05) is 38.5 Å². The van der Waals surface area contributed by atoms with Crippen LogP contribution in [0.1, 0.15) is 36.4 Å². The number of piperidine rings is 1. The highest BCUT2D eigenvalue weighted by Gasteiger charge is 2.46. The summed E-state index contributed by atoms with van der Waals surface area (Å²) in [5.74, 6) is 0.818. The highest BCUT2D eigenvalue weighted by Crippen LogP contribution is 2.34. The molecule has 0 unspecified atom stereocenters. The Morgan fingerprint density at radius 2 is 1.80 bits per heavy atom. The van der Waals surface area contributed by atoms with Crippen molar-refractivity contribution in [2.75, 3.05) is 33.3 Å². The number of carbonyl (C=O) groups excluding carboxylic acids is 1. The summed E-state index contributed by atoms with van der Waals surface area (Å²) in [5, 5.41) is 0. The summed E-state index contributed by atoms with van der Waals surface area (Å²) in [6.07, 6.45) is 2.47. The number of benzene rings is 2. The summed E-state index contributed by atoms with van der Waals surface area (Å²) in [4.78, 5) is 16.7. The van der Waals surface area contributed by atoms with Gasteiger partial charge < -0.3 is 20.1 Å². The van der Waals surface area contributed by atoms with Gasteiger partial charge >= 0.3 is 6.09 Å². The van der Waals surface area contributed by atoms with Crippen molar-refractivity contribution < 1.29 is 14.3 Å². The number of ether oxygens (including phenoxy) is 2. The van der Waals surface area contributed by atoms with E-state index < -0.39 is 0 Å². The molecular weight excluding hydrogens is 378 g/mol. The minimum atomic E-state index is -0.346. The van der Waals surface area contributed by atoms with Crippen molar-refractivity contribution in [2.24, 2.45) is 5.73 Å². The van der Waals surface area contributed by atoms with E-state index in [-0.39, 0.29) is 17.7 Å². The van der Waals surface area contributed by atoms with E-state index in [0.717, 1.165) is 50.2 Å². The molecule has 0 saturated carbocycles. The van der Waals surface area contributed by atoms with Crippen LogP contribution in [0.25, 0.3) is 0 Å². The summed E-state index contributed by atoms with van der Waals surface area (Å²) in [7, 11) is 1.65. The van der Waals surface area contributed by atoms with E-state index in [4.69, 9.17) is 15.2 Å². The topological polar surface area (TPSA) is 68.0 Å². The van der Waals surface area contributed by atoms with Crippen LogP contribution in [0.3, 0.4) is 0 Å². The van der Waals surface area contributed by atoms with Crippen molar-refractivity contribution in [3.05, 3.63) is 65.7 Å². The lowest BCUT2D eigenvalue weighted by atomic mass is 9.91. The van der Waals surface area contributed by atoms with Crippen molar-refractivity contribution in [3.63, 3.8) is 0 Å². The van der Waals surface area contributed by atoms with Crippen LogP contribution < -0.4 is 10.5 Å². The zero-order valence-corrected chi connectivity index (χ0v) is 17.6. The monoisotopic (exact) mass is 409 g/mol. The van der Waals surface area contributed by atoms with Gasteiger partial charge in [0.1, 0.15) is 11.4 Å². The molecule has 1 spiro atoms. The van der Waals surface area contributed by atoms with Crippen LogP contribution >= 0.6 is 0 Å². The Labute approximate surface area is 178 Å². The Kier molecular flexibility index (Phi) is 6.25. The van der Waals surface area contributed by atoms with Crippen molar-refractivity contribution in [1.29, 1.82) is 0 Å². The first-order chi connectivity index (χ1) is 14.6. The standard InChI is InChI=1S/C24H31N3O3/c1-29-21-9-7-19(8-10-21)17-27-18-24(30-23(27)28)12-15-26(16-13-24)14-11-22(25)20-5-3-2-4-6-20/h2-10,22H,11-18,25H2,1H3/t22-/m0/s1. The van der Waals surface area contributed by atoms with E-state index in [1.54, 1.807) is 7.11 Å². The molecule has 2 aromatic rings. The lowest BCUT2D eigenvalue weighted by Gasteiger charge is -2.37. The first-order valence-electron chi connectivity index (χ1n) is 10.7. The third kappa shape index (κ3) is 4.77. The molecule has 6 nitrogen and oxygen atoms in total. The number of carbonyl (C=O) groups is 1. The lowest BCUT2D eigenvalue weighted by molar-refractivity contribution is 0.000195. The van der Waals surface area contributed by atoms with Gasteiger partial charge in [0.25, 0.3) is 0 Å². The van der Waals surface area contributed by atoms with Gasteiger partial charge in [-0.15, -0.1) is 0 Å². The summed E-state index contributed by atoms with van der Waals surface area (Å²) in [6.45, 7) is 4.07. The highest BCUT2D eigenvalue weighted by molar-refractivity contribution is 5.70. The molecular formula is C24H31N3O3. The van der Waals surface area contributed by atoms with Crippen molar-refractivity contribution >= 4 is 6.09 Å². The quantitative estimate of drug-likeness (QED) is 0.757. The van der Waals surface area contributed by atoms with Gasteiger partial charge in [0.05, 0.1) is 13.7 Å². The van der Waals surface area contributed by atoms with E-state index in [1.807, 2.05) is 47.4 Å². The van der Waals surface area contributed by atoms with Crippen molar-refractivity contribution in [1.82, 2.24) is 9.80 Å². The zero-order chi connectivity index (χ0) is 21.0. The summed E-state index contributed by atoms with van der Waals surface area (Å²) in [5.41, 5.74) is 8.27.